The molecule has 2 aromatic heterocycles. The zero-order chi connectivity index (χ0) is 28.4. The molecule has 1 aliphatic rings. The van der Waals surface area contributed by atoms with Crippen LogP contribution >= 0.6 is 23.2 Å². The molecule has 40 heavy (non-hydrogen) atoms. The van der Waals surface area contributed by atoms with E-state index < -0.39 is 8.32 Å². The first-order chi connectivity index (χ1) is 19.3. The van der Waals surface area contributed by atoms with Crippen molar-refractivity contribution in [3.8, 4) is 22.8 Å². The van der Waals surface area contributed by atoms with E-state index in [0.717, 1.165) is 35.6 Å². The molecule has 0 unspecified atom stereocenters. The summed E-state index contributed by atoms with van der Waals surface area (Å²) in [7, 11) is -2.37. The van der Waals surface area contributed by atoms with Gasteiger partial charge in [0, 0.05) is 11.3 Å². The van der Waals surface area contributed by atoms with Crippen LogP contribution in [0.25, 0.3) is 22.8 Å². The maximum absolute atomic E-state index is 7.33. The molecule has 0 saturated carbocycles. The molecule has 3 heterocycles. The molecule has 6 heteroatoms. The Labute approximate surface area is 250 Å². The lowest BCUT2D eigenvalue weighted by Crippen LogP contribution is -2.54. The zero-order valence-corrected chi connectivity index (χ0v) is 26.6. The standard InChI is InChI=1S/C34H39Cl2NO2Si/c1-6-7-8-12-15-29-34-26(33(24-13-10-9-11-14-24)39-40(34,22(2)3)23(4)5)21-30(37-29)32-19-18-31(38-32)25-16-17-27(35)28(36)20-25/h9-11,13-14,16-23,33H,6-8,12,15H2,1-5H3/t33-/m0/s1. The normalized spacial score (nSPS) is 16.2. The van der Waals surface area contributed by atoms with E-state index >= 15 is 0 Å². The highest BCUT2D eigenvalue weighted by Gasteiger charge is 2.54. The van der Waals surface area contributed by atoms with Crippen LogP contribution in [0.1, 0.15) is 83.2 Å². The van der Waals surface area contributed by atoms with Crippen molar-refractivity contribution in [2.75, 3.05) is 0 Å². The third-order valence-corrected chi connectivity index (χ3v) is 14.4. The predicted molar refractivity (Wildman–Crippen MR) is 170 cm³/mol. The molecule has 0 aliphatic carbocycles. The Bertz CT molecular complexity index is 1460. The average molecular weight is 593 g/mol. The second kappa shape index (κ2) is 12.2. The lowest BCUT2D eigenvalue weighted by Gasteiger charge is -2.36. The summed E-state index contributed by atoms with van der Waals surface area (Å²) in [6.45, 7) is 11.6. The molecule has 0 saturated heterocycles. The minimum absolute atomic E-state index is 0.103. The summed E-state index contributed by atoms with van der Waals surface area (Å²) in [5.41, 5.74) is 6.26. The summed E-state index contributed by atoms with van der Waals surface area (Å²) in [5.74, 6) is 1.49. The van der Waals surface area contributed by atoms with Gasteiger partial charge in [0.15, 0.2) is 5.76 Å². The van der Waals surface area contributed by atoms with Crippen molar-refractivity contribution in [1.29, 1.82) is 0 Å². The topological polar surface area (TPSA) is 35.3 Å². The number of hydrogen-bond acceptors (Lipinski definition) is 3. The van der Waals surface area contributed by atoms with Gasteiger partial charge in [-0.1, -0.05) is 107 Å². The van der Waals surface area contributed by atoms with Crippen LogP contribution < -0.4 is 5.19 Å². The number of fused-ring (bicyclic) bond motifs is 1. The number of benzene rings is 2. The Morgan fingerprint density at radius 3 is 2.23 bits per heavy atom. The van der Waals surface area contributed by atoms with Gasteiger partial charge in [-0.3, -0.25) is 0 Å². The molecular formula is C34H39Cl2NO2Si. The van der Waals surface area contributed by atoms with E-state index in [1.807, 2.05) is 24.3 Å². The predicted octanol–water partition coefficient (Wildman–Crippen LogP) is 10.5. The summed E-state index contributed by atoms with van der Waals surface area (Å²) in [6.07, 6.45) is 5.64. The third kappa shape index (κ3) is 5.44. The van der Waals surface area contributed by atoms with E-state index in [4.69, 9.17) is 37.0 Å². The van der Waals surface area contributed by atoms with Gasteiger partial charge < -0.3 is 8.84 Å². The van der Waals surface area contributed by atoms with Gasteiger partial charge in [0.05, 0.1) is 16.1 Å². The van der Waals surface area contributed by atoms with Crippen molar-refractivity contribution >= 4 is 36.7 Å². The van der Waals surface area contributed by atoms with Gasteiger partial charge in [0.2, 0.25) is 8.32 Å². The number of nitrogens with zero attached hydrogens (tertiary/aromatic N) is 1. The van der Waals surface area contributed by atoms with Gasteiger partial charge >= 0.3 is 0 Å². The molecule has 2 aromatic carbocycles. The molecule has 5 rings (SSSR count). The molecule has 210 valence electrons. The smallest absolute Gasteiger partial charge is 0.232 e. The fourth-order valence-corrected chi connectivity index (χ4v) is 11.7. The number of rotatable bonds is 10. The molecule has 3 nitrogen and oxygen atoms in total. The molecular weight excluding hydrogens is 553 g/mol. The molecule has 0 amide bonds. The monoisotopic (exact) mass is 591 g/mol. The van der Waals surface area contributed by atoms with E-state index in [-0.39, 0.29) is 6.10 Å². The van der Waals surface area contributed by atoms with Crippen molar-refractivity contribution in [3.05, 3.63) is 93.6 Å². The van der Waals surface area contributed by atoms with Gasteiger partial charge in [-0.25, -0.2) is 4.98 Å². The maximum Gasteiger partial charge on any atom is 0.232 e. The Kier molecular flexibility index (Phi) is 8.91. The highest BCUT2D eigenvalue weighted by Crippen LogP contribution is 2.47. The fraction of sp³-hybridized carbons (Fsp3) is 0.382. The first-order valence-electron chi connectivity index (χ1n) is 14.6. The van der Waals surface area contributed by atoms with Crippen molar-refractivity contribution in [2.24, 2.45) is 0 Å². The van der Waals surface area contributed by atoms with Crippen LogP contribution in [0.2, 0.25) is 21.1 Å². The summed E-state index contributed by atoms with van der Waals surface area (Å²) in [4.78, 5) is 5.35. The highest BCUT2D eigenvalue weighted by molar-refractivity contribution is 6.90. The van der Waals surface area contributed by atoms with Gasteiger partial charge in [0.1, 0.15) is 11.5 Å². The van der Waals surface area contributed by atoms with E-state index in [1.165, 1.54) is 41.3 Å². The van der Waals surface area contributed by atoms with Gasteiger partial charge in [-0.05, 0) is 76.6 Å². The number of unbranched alkanes of at least 4 members (excludes halogenated alkanes) is 3. The molecule has 1 atom stereocenters. The molecule has 0 spiro atoms. The van der Waals surface area contributed by atoms with Crippen molar-refractivity contribution in [1.82, 2.24) is 4.98 Å². The molecule has 0 fully saturated rings. The second-order valence-electron chi connectivity index (χ2n) is 11.5. The number of halogens is 2. The van der Waals surface area contributed by atoms with Crippen LogP contribution in [0.5, 0.6) is 0 Å². The highest BCUT2D eigenvalue weighted by atomic mass is 35.5. The molecule has 0 bridgehead atoms. The average Bonchev–Trinajstić information content (AvgIpc) is 3.57. The van der Waals surface area contributed by atoms with Crippen molar-refractivity contribution < 1.29 is 8.84 Å². The number of aryl methyl sites for hydroxylation is 1. The van der Waals surface area contributed by atoms with E-state index in [0.29, 0.717) is 21.1 Å². The summed E-state index contributed by atoms with van der Waals surface area (Å²) in [5, 5.41) is 2.46. The second-order valence-corrected chi connectivity index (χ2v) is 17.0. The van der Waals surface area contributed by atoms with Crippen LogP contribution in [0, 0.1) is 0 Å². The van der Waals surface area contributed by atoms with E-state index in [2.05, 4.69) is 71.0 Å². The molecule has 0 N–H and O–H groups in total. The first-order valence-corrected chi connectivity index (χ1v) is 17.4. The first kappa shape index (κ1) is 29.1. The minimum Gasteiger partial charge on any atom is -0.454 e. The third-order valence-electron chi connectivity index (χ3n) is 8.26. The van der Waals surface area contributed by atoms with Crippen LogP contribution in [0.3, 0.4) is 0 Å². The fourth-order valence-electron chi connectivity index (χ4n) is 6.29. The lowest BCUT2D eigenvalue weighted by molar-refractivity contribution is 0.243. The maximum atomic E-state index is 7.33. The van der Waals surface area contributed by atoms with Crippen LogP contribution in [-0.2, 0) is 10.8 Å². The van der Waals surface area contributed by atoms with Crippen LogP contribution in [0.15, 0.2) is 71.1 Å². The Morgan fingerprint density at radius 1 is 0.825 bits per heavy atom. The van der Waals surface area contributed by atoms with E-state index in [9.17, 15) is 0 Å². The van der Waals surface area contributed by atoms with Crippen LogP contribution in [0.4, 0.5) is 0 Å². The van der Waals surface area contributed by atoms with Crippen LogP contribution in [-0.4, -0.2) is 13.3 Å². The number of aromatic nitrogens is 1. The van der Waals surface area contributed by atoms with E-state index in [1.54, 1.807) is 6.07 Å². The van der Waals surface area contributed by atoms with Crippen molar-refractivity contribution in [3.63, 3.8) is 0 Å². The Morgan fingerprint density at radius 2 is 1.55 bits per heavy atom. The molecule has 4 aromatic rings. The summed E-state index contributed by atoms with van der Waals surface area (Å²) >= 11 is 12.5. The number of furan rings is 1. The minimum atomic E-state index is -2.37. The van der Waals surface area contributed by atoms with Gasteiger partial charge in [-0.2, -0.15) is 0 Å². The summed E-state index contributed by atoms with van der Waals surface area (Å²) in [6, 6.07) is 22.5. The number of hydrogen-bond donors (Lipinski definition) is 0. The quantitative estimate of drug-likeness (QED) is 0.136. The summed E-state index contributed by atoms with van der Waals surface area (Å²) < 4.78 is 13.7. The Balaban J connectivity index is 1.67. The largest absolute Gasteiger partial charge is 0.454 e. The van der Waals surface area contributed by atoms with Gasteiger partial charge in [0.25, 0.3) is 0 Å². The van der Waals surface area contributed by atoms with Crippen molar-refractivity contribution in [2.45, 2.75) is 83.9 Å². The zero-order valence-electron chi connectivity index (χ0n) is 24.1. The lowest BCUT2D eigenvalue weighted by atomic mass is 9.99. The molecule has 0 radical (unpaired) electrons. The SMILES string of the molecule is CCCCCCc1nc(-c2ccc(-c3ccc(Cl)c(Cl)c3)o2)cc2c1[Si](C(C)C)(C(C)C)O[C@H]2c1ccccc1. The Hall–Kier alpha value is -2.37. The number of pyridine rings is 1. The molecule has 1 aliphatic heterocycles. The van der Waals surface area contributed by atoms with Gasteiger partial charge in [-0.15, -0.1) is 0 Å².